The number of hydrogen-bond donors (Lipinski definition) is 1. The van der Waals surface area contributed by atoms with Crippen molar-refractivity contribution < 1.29 is 19.4 Å². The van der Waals surface area contributed by atoms with Crippen LogP contribution in [-0.2, 0) is 20.7 Å². The molecule has 0 radical (unpaired) electrons. The summed E-state index contributed by atoms with van der Waals surface area (Å²) in [6.45, 7) is 7.86. The van der Waals surface area contributed by atoms with Crippen LogP contribution in [0.4, 0.5) is 0 Å². The van der Waals surface area contributed by atoms with Crippen molar-refractivity contribution in [2.45, 2.75) is 53.4 Å². The Balaban J connectivity index is 2.49. The SMILES string of the molecule is CC(=O)OCC(C)(C)CCCC(Cc1ccc(C)cc1)C(=O)O. The lowest BCUT2D eigenvalue weighted by atomic mass is 9.85. The molecule has 128 valence electrons. The van der Waals surface area contributed by atoms with Crippen LogP contribution >= 0.6 is 0 Å². The number of carboxylic acid groups (broad SMARTS) is 1. The predicted molar refractivity (Wildman–Crippen MR) is 90.3 cm³/mol. The van der Waals surface area contributed by atoms with Crippen molar-refractivity contribution in [2.75, 3.05) is 6.61 Å². The monoisotopic (exact) mass is 320 g/mol. The van der Waals surface area contributed by atoms with E-state index in [1.165, 1.54) is 12.5 Å². The van der Waals surface area contributed by atoms with Crippen LogP contribution in [-0.4, -0.2) is 23.7 Å². The fourth-order valence-electron chi connectivity index (χ4n) is 2.52. The van der Waals surface area contributed by atoms with Crippen LogP contribution in [0.1, 0.15) is 51.2 Å². The molecule has 0 aliphatic heterocycles. The molecule has 4 nitrogen and oxygen atoms in total. The summed E-state index contributed by atoms with van der Waals surface area (Å²) >= 11 is 0. The zero-order chi connectivity index (χ0) is 17.5. The van der Waals surface area contributed by atoms with Crippen molar-refractivity contribution >= 4 is 11.9 Å². The maximum atomic E-state index is 11.5. The third kappa shape index (κ3) is 7.82. The number of aliphatic carboxylic acids is 1. The van der Waals surface area contributed by atoms with Gasteiger partial charge in [-0.2, -0.15) is 0 Å². The molecule has 1 N–H and O–H groups in total. The summed E-state index contributed by atoms with van der Waals surface area (Å²) < 4.78 is 5.06. The molecule has 0 aliphatic carbocycles. The molecule has 0 fully saturated rings. The summed E-state index contributed by atoms with van der Waals surface area (Å²) in [6, 6.07) is 8.01. The van der Waals surface area contributed by atoms with E-state index in [0.717, 1.165) is 18.4 Å². The minimum Gasteiger partial charge on any atom is -0.481 e. The van der Waals surface area contributed by atoms with Gasteiger partial charge in [0.05, 0.1) is 12.5 Å². The lowest BCUT2D eigenvalue weighted by molar-refractivity contribution is -0.144. The van der Waals surface area contributed by atoms with Crippen molar-refractivity contribution in [3.63, 3.8) is 0 Å². The second kappa shape index (κ2) is 8.70. The predicted octanol–water partition coefficient (Wildman–Crippen LogP) is 4.00. The Hall–Kier alpha value is -1.84. The van der Waals surface area contributed by atoms with Gasteiger partial charge in [-0.25, -0.2) is 0 Å². The maximum Gasteiger partial charge on any atom is 0.306 e. The van der Waals surface area contributed by atoms with Crippen LogP contribution in [0.25, 0.3) is 0 Å². The number of hydrogen-bond acceptors (Lipinski definition) is 3. The highest BCUT2D eigenvalue weighted by Gasteiger charge is 2.22. The Morgan fingerprint density at radius 3 is 2.35 bits per heavy atom. The maximum absolute atomic E-state index is 11.5. The van der Waals surface area contributed by atoms with Crippen molar-refractivity contribution in [3.05, 3.63) is 35.4 Å². The average Bonchev–Trinajstić information content (AvgIpc) is 2.46. The van der Waals surface area contributed by atoms with Gasteiger partial charge in [0.25, 0.3) is 0 Å². The van der Waals surface area contributed by atoms with Gasteiger partial charge in [-0.15, -0.1) is 0 Å². The van der Waals surface area contributed by atoms with Crippen LogP contribution in [0.5, 0.6) is 0 Å². The zero-order valence-electron chi connectivity index (χ0n) is 14.6. The van der Waals surface area contributed by atoms with E-state index in [2.05, 4.69) is 0 Å². The number of carboxylic acids is 1. The number of benzene rings is 1. The van der Waals surface area contributed by atoms with Gasteiger partial charge < -0.3 is 9.84 Å². The smallest absolute Gasteiger partial charge is 0.306 e. The van der Waals surface area contributed by atoms with Crippen molar-refractivity contribution in [3.8, 4) is 0 Å². The first-order valence-electron chi connectivity index (χ1n) is 8.11. The van der Waals surface area contributed by atoms with Gasteiger partial charge in [0.1, 0.15) is 0 Å². The Kier molecular flexibility index (Phi) is 7.27. The van der Waals surface area contributed by atoms with Gasteiger partial charge in [0.2, 0.25) is 0 Å². The third-order valence-corrected chi connectivity index (χ3v) is 4.02. The van der Waals surface area contributed by atoms with Gasteiger partial charge in [-0.1, -0.05) is 50.1 Å². The molecular formula is C19H28O4. The molecule has 0 saturated heterocycles. The van der Waals surface area contributed by atoms with Crippen LogP contribution < -0.4 is 0 Å². The molecule has 0 spiro atoms. The van der Waals surface area contributed by atoms with Crippen molar-refractivity contribution in [2.24, 2.45) is 11.3 Å². The quantitative estimate of drug-likeness (QED) is 0.699. The topological polar surface area (TPSA) is 63.6 Å². The molecule has 0 amide bonds. The van der Waals surface area contributed by atoms with Gasteiger partial charge in [-0.05, 0) is 37.2 Å². The standard InChI is InChI=1S/C19H28O4/c1-14-7-9-16(10-8-14)12-17(18(21)22)6-5-11-19(3,4)13-23-15(2)20/h7-10,17H,5-6,11-13H2,1-4H3,(H,21,22). The van der Waals surface area contributed by atoms with E-state index < -0.39 is 5.97 Å². The first kappa shape index (κ1) is 19.2. The highest BCUT2D eigenvalue weighted by molar-refractivity contribution is 5.70. The zero-order valence-corrected chi connectivity index (χ0v) is 14.6. The third-order valence-electron chi connectivity index (χ3n) is 4.02. The largest absolute Gasteiger partial charge is 0.481 e. The van der Waals surface area contributed by atoms with Gasteiger partial charge >= 0.3 is 11.9 Å². The van der Waals surface area contributed by atoms with E-state index in [-0.39, 0.29) is 17.3 Å². The first-order valence-corrected chi connectivity index (χ1v) is 8.11. The Morgan fingerprint density at radius 2 is 1.83 bits per heavy atom. The molecule has 0 bridgehead atoms. The summed E-state index contributed by atoms with van der Waals surface area (Å²) in [7, 11) is 0. The van der Waals surface area contributed by atoms with Gasteiger partial charge in [0, 0.05) is 6.92 Å². The average molecular weight is 320 g/mol. The van der Waals surface area contributed by atoms with Crippen molar-refractivity contribution in [1.29, 1.82) is 0 Å². The molecule has 1 aromatic carbocycles. The van der Waals surface area contributed by atoms with Gasteiger partial charge in [-0.3, -0.25) is 9.59 Å². The Labute approximate surface area is 138 Å². The summed E-state index contributed by atoms with van der Waals surface area (Å²) in [5.41, 5.74) is 2.11. The number of ether oxygens (including phenoxy) is 1. The normalized spacial score (nSPS) is 12.7. The summed E-state index contributed by atoms with van der Waals surface area (Å²) in [6.07, 6.45) is 2.82. The summed E-state index contributed by atoms with van der Waals surface area (Å²) in [4.78, 5) is 22.4. The fourth-order valence-corrected chi connectivity index (χ4v) is 2.52. The molecule has 0 aromatic heterocycles. The van der Waals surface area contributed by atoms with E-state index in [0.29, 0.717) is 19.4 Å². The number of rotatable bonds is 9. The molecule has 0 heterocycles. The van der Waals surface area contributed by atoms with E-state index in [1.54, 1.807) is 0 Å². The number of aryl methyl sites for hydroxylation is 1. The first-order chi connectivity index (χ1) is 10.7. The van der Waals surface area contributed by atoms with E-state index in [4.69, 9.17) is 4.74 Å². The lowest BCUT2D eigenvalue weighted by Gasteiger charge is -2.24. The van der Waals surface area contributed by atoms with E-state index >= 15 is 0 Å². The molecule has 23 heavy (non-hydrogen) atoms. The molecule has 1 aromatic rings. The molecular weight excluding hydrogens is 292 g/mol. The van der Waals surface area contributed by atoms with E-state index in [9.17, 15) is 14.7 Å². The Bertz CT molecular complexity index is 517. The molecule has 0 aliphatic rings. The Morgan fingerprint density at radius 1 is 1.22 bits per heavy atom. The second-order valence-electron chi connectivity index (χ2n) is 7.06. The van der Waals surface area contributed by atoms with Crippen LogP contribution in [0.3, 0.4) is 0 Å². The molecule has 1 unspecified atom stereocenters. The molecule has 4 heteroatoms. The van der Waals surface area contributed by atoms with Crippen LogP contribution in [0, 0.1) is 18.3 Å². The molecule has 0 saturated carbocycles. The summed E-state index contributed by atoms with van der Waals surface area (Å²) in [5, 5.41) is 9.43. The van der Waals surface area contributed by atoms with Crippen molar-refractivity contribution in [1.82, 2.24) is 0 Å². The fraction of sp³-hybridized carbons (Fsp3) is 0.579. The summed E-state index contributed by atoms with van der Waals surface area (Å²) in [5.74, 6) is -1.40. The van der Waals surface area contributed by atoms with E-state index in [1.807, 2.05) is 45.0 Å². The second-order valence-corrected chi connectivity index (χ2v) is 7.06. The lowest BCUT2D eigenvalue weighted by Crippen LogP contribution is -2.22. The number of carbonyl (C=O) groups excluding carboxylic acids is 1. The molecule has 1 atom stereocenters. The van der Waals surface area contributed by atoms with Gasteiger partial charge in [0.15, 0.2) is 0 Å². The minimum absolute atomic E-state index is 0.126. The number of carbonyl (C=O) groups is 2. The van der Waals surface area contributed by atoms with Crippen LogP contribution in [0.15, 0.2) is 24.3 Å². The number of esters is 1. The van der Waals surface area contributed by atoms with Crippen LogP contribution in [0.2, 0.25) is 0 Å². The minimum atomic E-state index is -0.747. The highest BCUT2D eigenvalue weighted by atomic mass is 16.5. The molecule has 1 rings (SSSR count). The highest BCUT2D eigenvalue weighted by Crippen LogP contribution is 2.26.